The van der Waals surface area contributed by atoms with Crippen molar-refractivity contribution in [3.05, 3.63) is 0 Å². The summed E-state index contributed by atoms with van der Waals surface area (Å²) in [4.78, 5) is 37.5. The van der Waals surface area contributed by atoms with Crippen LogP contribution in [-0.2, 0) is 28.6 Å². The summed E-state index contributed by atoms with van der Waals surface area (Å²) in [7, 11) is 0. The van der Waals surface area contributed by atoms with Gasteiger partial charge in [-0.05, 0) is 37.0 Å². The Balaban J connectivity index is 4.35. The molecule has 49 heavy (non-hydrogen) atoms. The highest BCUT2D eigenvalue weighted by molar-refractivity contribution is 5.71. The van der Waals surface area contributed by atoms with Crippen LogP contribution < -0.4 is 0 Å². The third-order valence-corrected chi connectivity index (χ3v) is 9.40. The lowest BCUT2D eigenvalue weighted by molar-refractivity contribution is -0.167. The summed E-state index contributed by atoms with van der Waals surface area (Å²) in [5, 5.41) is 0. The Morgan fingerprint density at radius 2 is 0.592 bits per heavy atom. The van der Waals surface area contributed by atoms with Gasteiger partial charge in [0.05, 0.1) is 0 Å². The van der Waals surface area contributed by atoms with Crippen LogP contribution in [0.15, 0.2) is 0 Å². The zero-order chi connectivity index (χ0) is 36.4. The number of esters is 3. The van der Waals surface area contributed by atoms with Gasteiger partial charge < -0.3 is 14.2 Å². The van der Waals surface area contributed by atoms with Gasteiger partial charge in [0.25, 0.3) is 0 Å². The fourth-order valence-electron chi connectivity index (χ4n) is 6.17. The molecule has 6 nitrogen and oxygen atoms in total. The molecular weight excluding hydrogens is 612 g/mol. The average molecular weight is 695 g/mol. The van der Waals surface area contributed by atoms with E-state index in [9.17, 15) is 14.4 Å². The standard InChI is InChI=1S/C43H82O6/c1-37(2)29-23-17-11-8-7-9-13-20-26-32-41(44)47-35-40(36-48-42(45)33-27-21-16-15-19-25-31-39(5)6)49-43(46)34-28-22-14-10-12-18-24-30-38(3)4/h37-40H,7-36H2,1-6H3/t40-/m1/s1. The van der Waals surface area contributed by atoms with Gasteiger partial charge in [-0.2, -0.15) is 0 Å². The van der Waals surface area contributed by atoms with Gasteiger partial charge in [0.2, 0.25) is 0 Å². The highest BCUT2D eigenvalue weighted by Gasteiger charge is 2.19. The van der Waals surface area contributed by atoms with E-state index < -0.39 is 6.10 Å². The minimum atomic E-state index is -0.761. The highest BCUT2D eigenvalue weighted by atomic mass is 16.6. The normalized spacial score (nSPS) is 12.2. The van der Waals surface area contributed by atoms with Crippen LogP contribution in [0.5, 0.6) is 0 Å². The summed E-state index contributed by atoms with van der Waals surface area (Å²) >= 11 is 0. The van der Waals surface area contributed by atoms with Gasteiger partial charge in [0, 0.05) is 19.3 Å². The van der Waals surface area contributed by atoms with Crippen molar-refractivity contribution in [1.29, 1.82) is 0 Å². The second-order valence-electron chi connectivity index (χ2n) is 16.1. The Morgan fingerprint density at radius 1 is 0.347 bits per heavy atom. The number of rotatable bonds is 36. The van der Waals surface area contributed by atoms with E-state index in [0.717, 1.165) is 75.5 Å². The van der Waals surface area contributed by atoms with Crippen molar-refractivity contribution in [3.8, 4) is 0 Å². The number of carbonyl (C=O) groups is 3. The summed E-state index contributed by atoms with van der Waals surface area (Å²) in [6.45, 7) is 13.5. The molecule has 0 amide bonds. The van der Waals surface area contributed by atoms with Crippen molar-refractivity contribution in [2.45, 2.75) is 227 Å². The predicted octanol–water partition coefficient (Wildman–Crippen LogP) is 12.9. The van der Waals surface area contributed by atoms with E-state index in [0.29, 0.717) is 19.3 Å². The van der Waals surface area contributed by atoms with Crippen LogP contribution in [0.4, 0.5) is 0 Å². The fourth-order valence-corrected chi connectivity index (χ4v) is 6.17. The lowest BCUT2D eigenvalue weighted by Crippen LogP contribution is -2.30. The van der Waals surface area contributed by atoms with Crippen molar-refractivity contribution in [3.63, 3.8) is 0 Å². The molecule has 6 heteroatoms. The third-order valence-electron chi connectivity index (χ3n) is 9.40. The molecule has 0 aromatic carbocycles. The van der Waals surface area contributed by atoms with Crippen LogP contribution in [-0.4, -0.2) is 37.2 Å². The lowest BCUT2D eigenvalue weighted by atomic mass is 10.0. The van der Waals surface area contributed by atoms with E-state index in [-0.39, 0.29) is 31.1 Å². The predicted molar refractivity (Wildman–Crippen MR) is 206 cm³/mol. The van der Waals surface area contributed by atoms with E-state index in [2.05, 4.69) is 41.5 Å². The largest absolute Gasteiger partial charge is 0.462 e. The Morgan fingerprint density at radius 3 is 0.878 bits per heavy atom. The molecule has 0 aliphatic heterocycles. The maximum atomic E-state index is 12.6. The summed E-state index contributed by atoms with van der Waals surface area (Å²) in [5.74, 6) is 1.48. The molecule has 0 bridgehead atoms. The van der Waals surface area contributed by atoms with Crippen molar-refractivity contribution in [1.82, 2.24) is 0 Å². The molecule has 0 fully saturated rings. The van der Waals surface area contributed by atoms with E-state index in [1.54, 1.807) is 0 Å². The number of hydrogen-bond donors (Lipinski definition) is 0. The number of carbonyl (C=O) groups excluding carboxylic acids is 3. The van der Waals surface area contributed by atoms with Crippen molar-refractivity contribution >= 4 is 17.9 Å². The maximum Gasteiger partial charge on any atom is 0.306 e. The zero-order valence-electron chi connectivity index (χ0n) is 33.5. The number of ether oxygens (including phenoxy) is 3. The summed E-state index contributed by atoms with van der Waals surface area (Å²) in [6.07, 6.45) is 29.7. The van der Waals surface area contributed by atoms with Gasteiger partial charge in [0.15, 0.2) is 6.10 Å². The highest BCUT2D eigenvalue weighted by Crippen LogP contribution is 2.16. The smallest absolute Gasteiger partial charge is 0.306 e. The molecule has 0 aliphatic carbocycles. The quantitative estimate of drug-likeness (QED) is 0.0369. The third kappa shape index (κ3) is 37.5. The molecular formula is C43H82O6. The van der Waals surface area contributed by atoms with Crippen LogP contribution in [0.25, 0.3) is 0 Å². The second-order valence-corrected chi connectivity index (χ2v) is 16.1. The van der Waals surface area contributed by atoms with Gasteiger partial charge in [-0.15, -0.1) is 0 Å². The summed E-state index contributed by atoms with van der Waals surface area (Å²) < 4.78 is 16.6. The topological polar surface area (TPSA) is 78.9 Å². The molecule has 0 aromatic heterocycles. The van der Waals surface area contributed by atoms with E-state index in [1.165, 1.54) is 103 Å². The first-order valence-corrected chi connectivity index (χ1v) is 21.1. The van der Waals surface area contributed by atoms with Crippen LogP contribution in [0.1, 0.15) is 221 Å². The van der Waals surface area contributed by atoms with Crippen LogP contribution >= 0.6 is 0 Å². The SMILES string of the molecule is CC(C)CCCCCCCCCCCC(=O)OC[C@H](COC(=O)CCCCCCCCC(C)C)OC(=O)CCCCCCCCCC(C)C. The average Bonchev–Trinajstić information content (AvgIpc) is 3.04. The molecule has 290 valence electrons. The van der Waals surface area contributed by atoms with Crippen molar-refractivity contribution in [2.24, 2.45) is 17.8 Å². The molecule has 0 radical (unpaired) electrons. The Hall–Kier alpha value is -1.59. The minimum Gasteiger partial charge on any atom is -0.462 e. The lowest BCUT2D eigenvalue weighted by Gasteiger charge is -2.18. The van der Waals surface area contributed by atoms with Crippen molar-refractivity contribution in [2.75, 3.05) is 13.2 Å². The van der Waals surface area contributed by atoms with Gasteiger partial charge in [-0.1, -0.05) is 183 Å². The first-order chi connectivity index (χ1) is 23.6. The molecule has 0 aromatic rings. The van der Waals surface area contributed by atoms with E-state index in [1.807, 2.05) is 0 Å². The first-order valence-electron chi connectivity index (χ1n) is 21.1. The van der Waals surface area contributed by atoms with Gasteiger partial charge >= 0.3 is 17.9 Å². The Labute approximate surface area is 304 Å². The van der Waals surface area contributed by atoms with Crippen molar-refractivity contribution < 1.29 is 28.6 Å². The van der Waals surface area contributed by atoms with Gasteiger partial charge in [-0.3, -0.25) is 14.4 Å². The van der Waals surface area contributed by atoms with Crippen LogP contribution in [0, 0.1) is 17.8 Å². The molecule has 0 aliphatic rings. The molecule has 0 heterocycles. The molecule has 0 unspecified atom stereocenters. The molecule has 0 spiro atoms. The van der Waals surface area contributed by atoms with E-state index in [4.69, 9.17) is 14.2 Å². The number of unbranched alkanes of at least 4 members (excludes halogenated alkanes) is 19. The molecule has 0 N–H and O–H groups in total. The summed E-state index contributed by atoms with van der Waals surface area (Å²) in [6, 6.07) is 0. The van der Waals surface area contributed by atoms with Gasteiger partial charge in [-0.25, -0.2) is 0 Å². The Kier molecular flexibility index (Phi) is 33.7. The molecule has 0 saturated heterocycles. The molecule has 0 rings (SSSR count). The fraction of sp³-hybridized carbons (Fsp3) is 0.930. The van der Waals surface area contributed by atoms with E-state index >= 15 is 0 Å². The maximum absolute atomic E-state index is 12.6. The molecule has 0 saturated carbocycles. The summed E-state index contributed by atoms with van der Waals surface area (Å²) in [5.41, 5.74) is 0. The van der Waals surface area contributed by atoms with Crippen LogP contribution in [0.2, 0.25) is 0 Å². The first kappa shape index (κ1) is 47.4. The minimum absolute atomic E-state index is 0.0680. The Bertz CT molecular complexity index is 761. The monoisotopic (exact) mass is 695 g/mol. The molecule has 1 atom stereocenters. The van der Waals surface area contributed by atoms with Gasteiger partial charge in [0.1, 0.15) is 13.2 Å². The second kappa shape index (κ2) is 34.8. The van der Waals surface area contributed by atoms with Crippen LogP contribution in [0.3, 0.4) is 0 Å². The number of hydrogen-bond acceptors (Lipinski definition) is 6. The zero-order valence-corrected chi connectivity index (χ0v) is 33.5.